The van der Waals surface area contributed by atoms with E-state index in [-0.39, 0.29) is 24.7 Å². The summed E-state index contributed by atoms with van der Waals surface area (Å²) in [5.41, 5.74) is 1.35. The van der Waals surface area contributed by atoms with Crippen molar-refractivity contribution in [1.82, 2.24) is 5.32 Å². The lowest BCUT2D eigenvalue weighted by Gasteiger charge is -2.11. The molecule has 2 aromatic carbocycles. The van der Waals surface area contributed by atoms with Crippen LogP contribution in [0.2, 0.25) is 0 Å². The fourth-order valence-electron chi connectivity index (χ4n) is 2.61. The Morgan fingerprint density at radius 1 is 1.17 bits per heavy atom. The van der Waals surface area contributed by atoms with Gasteiger partial charge in [0.1, 0.15) is 5.82 Å². The summed E-state index contributed by atoms with van der Waals surface area (Å²) in [6.45, 7) is 0.150. The number of nitrogens with one attached hydrogen (secondary N) is 1. The van der Waals surface area contributed by atoms with Crippen molar-refractivity contribution < 1.29 is 14.3 Å². The summed E-state index contributed by atoms with van der Waals surface area (Å²) in [7, 11) is 0. The monoisotopic (exact) mass is 343 g/mol. The van der Waals surface area contributed by atoms with Gasteiger partial charge in [-0.05, 0) is 34.9 Å². The van der Waals surface area contributed by atoms with E-state index in [1.165, 1.54) is 6.07 Å². The quantitative estimate of drug-likeness (QED) is 0.715. The lowest BCUT2D eigenvalue weighted by molar-refractivity contribution is -0.121. The van der Waals surface area contributed by atoms with Crippen LogP contribution in [0.1, 0.15) is 23.7 Å². The van der Waals surface area contributed by atoms with Crippen LogP contribution in [-0.4, -0.2) is 17.6 Å². The molecule has 3 aromatic rings. The number of fused-ring (bicyclic) bond motifs is 1. The minimum atomic E-state index is -0.751. The summed E-state index contributed by atoms with van der Waals surface area (Å²) in [4.78, 5) is 11.9. The predicted octanol–water partition coefficient (Wildman–Crippen LogP) is 3.82. The van der Waals surface area contributed by atoms with Gasteiger partial charge in [0.15, 0.2) is 0 Å². The molecular formula is C19H18FNO2S. The fraction of sp³-hybridized carbons (Fsp3) is 0.211. The normalized spacial score (nSPS) is 12.2. The van der Waals surface area contributed by atoms with Crippen LogP contribution >= 0.6 is 11.3 Å². The van der Waals surface area contributed by atoms with Gasteiger partial charge in [-0.2, -0.15) is 0 Å². The van der Waals surface area contributed by atoms with Crippen LogP contribution in [0.4, 0.5) is 4.39 Å². The molecule has 0 spiro atoms. The molecule has 0 saturated heterocycles. The van der Waals surface area contributed by atoms with Crippen molar-refractivity contribution >= 4 is 27.3 Å². The zero-order valence-electron chi connectivity index (χ0n) is 13.0. The van der Waals surface area contributed by atoms with Crippen molar-refractivity contribution in [1.29, 1.82) is 0 Å². The Hall–Kier alpha value is -2.24. The van der Waals surface area contributed by atoms with Crippen LogP contribution in [0.25, 0.3) is 10.1 Å². The summed E-state index contributed by atoms with van der Waals surface area (Å²) in [5.74, 6) is -0.494. The van der Waals surface area contributed by atoms with E-state index in [4.69, 9.17) is 0 Å². The number of amides is 1. The van der Waals surface area contributed by atoms with Crippen molar-refractivity contribution in [2.45, 2.75) is 18.9 Å². The molecule has 0 bridgehead atoms. The molecule has 2 N–H and O–H groups in total. The van der Waals surface area contributed by atoms with Crippen LogP contribution in [0.3, 0.4) is 0 Å². The number of halogens is 1. The second kappa shape index (κ2) is 7.55. The summed E-state index contributed by atoms with van der Waals surface area (Å²) < 4.78 is 14.6. The lowest BCUT2D eigenvalue weighted by Crippen LogP contribution is -2.28. The van der Waals surface area contributed by atoms with E-state index in [1.54, 1.807) is 29.5 Å². The Labute approximate surface area is 143 Å². The molecule has 1 aromatic heterocycles. The highest BCUT2D eigenvalue weighted by molar-refractivity contribution is 7.17. The molecule has 0 aliphatic rings. The first-order valence-electron chi connectivity index (χ1n) is 7.79. The largest absolute Gasteiger partial charge is 0.387 e. The maximum absolute atomic E-state index is 13.5. The van der Waals surface area contributed by atoms with E-state index in [0.717, 1.165) is 15.6 Å². The van der Waals surface area contributed by atoms with Crippen LogP contribution in [0.5, 0.6) is 0 Å². The minimum absolute atomic E-state index is 0.150. The first-order chi connectivity index (χ1) is 11.6. The summed E-state index contributed by atoms with van der Waals surface area (Å²) in [6, 6.07) is 14.3. The molecule has 24 heavy (non-hydrogen) atoms. The van der Waals surface area contributed by atoms with Gasteiger partial charge < -0.3 is 10.4 Å². The standard InChI is InChI=1S/C19H18FNO2S/c20-16-7-3-1-5-13(16)9-10-19(23)21-11-17(22)15-12-24-18-8-4-2-6-14(15)18/h1-8,12,17,22H,9-11H2,(H,21,23). The van der Waals surface area contributed by atoms with Gasteiger partial charge in [0.2, 0.25) is 5.91 Å². The predicted molar refractivity (Wildman–Crippen MR) is 94.5 cm³/mol. The second-order valence-corrected chi connectivity index (χ2v) is 6.51. The van der Waals surface area contributed by atoms with Crippen LogP contribution in [-0.2, 0) is 11.2 Å². The summed E-state index contributed by atoms with van der Waals surface area (Å²) in [6.07, 6.45) is -0.216. The Balaban J connectivity index is 1.53. The van der Waals surface area contributed by atoms with Crippen molar-refractivity contribution in [3.8, 4) is 0 Å². The van der Waals surface area contributed by atoms with E-state index in [1.807, 2.05) is 29.6 Å². The Bertz CT molecular complexity index is 846. The van der Waals surface area contributed by atoms with Crippen LogP contribution in [0.15, 0.2) is 53.9 Å². The van der Waals surface area contributed by atoms with Crippen molar-refractivity contribution in [3.63, 3.8) is 0 Å². The summed E-state index contributed by atoms with van der Waals surface area (Å²) in [5, 5.41) is 16.0. The van der Waals surface area contributed by atoms with Gasteiger partial charge in [0.25, 0.3) is 0 Å². The van der Waals surface area contributed by atoms with Gasteiger partial charge in [0.05, 0.1) is 6.10 Å². The minimum Gasteiger partial charge on any atom is -0.387 e. The van der Waals surface area contributed by atoms with Gasteiger partial charge in [-0.3, -0.25) is 4.79 Å². The molecule has 0 fully saturated rings. The molecule has 124 valence electrons. The number of rotatable bonds is 6. The number of hydrogen-bond acceptors (Lipinski definition) is 3. The molecule has 0 aliphatic carbocycles. The smallest absolute Gasteiger partial charge is 0.220 e. The van der Waals surface area contributed by atoms with Crippen molar-refractivity contribution in [2.24, 2.45) is 0 Å². The molecule has 5 heteroatoms. The maximum atomic E-state index is 13.5. The first kappa shape index (κ1) is 16.6. The van der Waals surface area contributed by atoms with Crippen molar-refractivity contribution in [3.05, 3.63) is 70.9 Å². The number of carbonyl (C=O) groups is 1. The van der Waals surface area contributed by atoms with Crippen LogP contribution in [0, 0.1) is 5.82 Å². The number of carbonyl (C=O) groups excluding carboxylic acids is 1. The molecule has 1 unspecified atom stereocenters. The van der Waals surface area contributed by atoms with Crippen molar-refractivity contribution in [2.75, 3.05) is 6.54 Å². The SMILES string of the molecule is O=C(CCc1ccccc1F)NCC(O)c1csc2ccccc12. The number of aryl methyl sites for hydroxylation is 1. The van der Waals surface area contributed by atoms with Crippen LogP contribution < -0.4 is 5.32 Å². The topological polar surface area (TPSA) is 49.3 Å². The first-order valence-corrected chi connectivity index (χ1v) is 8.67. The van der Waals surface area contributed by atoms with Gasteiger partial charge in [-0.15, -0.1) is 11.3 Å². The summed E-state index contributed by atoms with van der Waals surface area (Å²) >= 11 is 1.57. The van der Waals surface area contributed by atoms with Gasteiger partial charge >= 0.3 is 0 Å². The Morgan fingerprint density at radius 2 is 1.92 bits per heavy atom. The number of hydrogen-bond donors (Lipinski definition) is 2. The number of thiophene rings is 1. The Morgan fingerprint density at radius 3 is 2.75 bits per heavy atom. The average molecular weight is 343 g/mol. The Kier molecular flexibility index (Phi) is 5.23. The molecular weight excluding hydrogens is 325 g/mol. The number of aliphatic hydroxyl groups excluding tert-OH is 1. The molecule has 1 heterocycles. The van der Waals surface area contributed by atoms with E-state index >= 15 is 0 Å². The number of benzene rings is 2. The highest BCUT2D eigenvalue weighted by atomic mass is 32.1. The third-order valence-corrected chi connectivity index (χ3v) is 4.92. The molecule has 3 nitrogen and oxygen atoms in total. The van der Waals surface area contributed by atoms with E-state index in [9.17, 15) is 14.3 Å². The zero-order chi connectivity index (χ0) is 16.9. The van der Waals surface area contributed by atoms with E-state index in [2.05, 4.69) is 5.32 Å². The number of aliphatic hydroxyl groups is 1. The van der Waals surface area contributed by atoms with Gasteiger partial charge in [0, 0.05) is 23.2 Å². The molecule has 3 rings (SSSR count). The molecule has 1 amide bonds. The molecule has 1 atom stereocenters. The fourth-order valence-corrected chi connectivity index (χ4v) is 3.62. The lowest BCUT2D eigenvalue weighted by atomic mass is 10.1. The molecule has 0 saturated carbocycles. The van der Waals surface area contributed by atoms with E-state index < -0.39 is 6.10 Å². The third-order valence-electron chi connectivity index (χ3n) is 3.94. The average Bonchev–Trinajstić information content (AvgIpc) is 3.03. The highest BCUT2D eigenvalue weighted by Gasteiger charge is 2.14. The molecule has 0 radical (unpaired) electrons. The van der Waals surface area contributed by atoms with E-state index in [0.29, 0.717) is 12.0 Å². The second-order valence-electron chi connectivity index (χ2n) is 5.60. The maximum Gasteiger partial charge on any atom is 0.220 e. The zero-order valence-corrected chi connectivity index (χ0v) is 13.9. The van der Waals surface area contributed by atoms with Gasteiger partial charge in [-0.1, -0.05) is 36.4 Å². The van der Waals surface area contributed by atoms with Gasteiger partial charge in [-0.25, -0.2) is 4.39 Å². The highest BCUT2D eigenvalue weighted by Crippen LogP contribution is 2.29. The third kappa shape index (κ3) is 3.80. The molecule has 0 aliphatic heterocycles.